The van der Waals surface area contributed by atoms with Crippen molar-refractivity contribution in [2.75, 3.05) is 12.4 Å². The molecule has 0 saturated carbocycles. The summed E-state index contributed by atoms with van der Waals surface area (Å²) in [6.07, 6.45) is 2.90. The molecule has 0 aliphatic carbocycles. The van der Waals surface area contributed by atoms with Crippen molar-refractivity contribution >= 4 is 23.4 Å². The van der Waals surface area contributed by atoms with Gasteiger partial charge in [-0.1, -0.05) is 18.2 Å². The largest absolute Gasteiger partial charge is 0.493 e. The highest BCUT2D eigenvalue weighted by atomic mass is 16.6. The Bertz CT molecular complexity index is 830. The molecule has 2 rings (SSSR count). The monoisotopic (exact) mass is 356 g/mol. The van der Waals surface area contributed by atoms with Crippen LogP contribution in [0.15, 0.2) is 48.5 Å². The number of carbonyl (C=O) groups is 1. The van der Waals surface area contributed by atoms with Crippen molar-refractivity contribution in [1.82, 2.24) is 0 Å². The third-order valence-electron chi connectivity index (χ3n) is 3.34. The van der Waals surface area contributed by atoms with Gasteiger partial charge in [0.05, 0.1) is 18.1 Å². The van der Waals surface area contributed by atoms with E-state index in [9.17, 15) is 14.9 Å². The number of hydrogen-bond donors (Lipinski definition) is 1. The first-order valence-corrected chi connectivity index (χ1v) is 7.98. The molecule has 0 spiro atoms. The SMILES string of the molecule is COc1cc(/C=C/C(=O)Nc2ccccc2[N+](=O)[O-])ccc1OC(C)C. The van der Waals surface area contributed by atoms with Crippen LogP contribution < -0.4 is 14.8 Å². The summed E-state index contributed by atoms with van der Waals surface area (Å²) in [4.78, 5) is 22.5. The summed E-state index contributed by atoms with van der Waals surface area (Å²) < 4.78 is 10.9. The standard InChI is InChI=1S/C19H20N2O5/c1-13(2)26-17-10-8-14(12-18(17)25-3)9-11-19(22)20-15-6-4-5-7-16(15)21(23)24/h4-13H,1-3H3,(H,20,22)/b11-9+. The Morgan fingerprint density at radius 3 is 2.58 bits per heavy atom. The van der Waals surface area contributed by atoms with E-state index >= 15 is 0 Å². The topological polar surface area (TPSA) is 90.7 Å². The lowest BCUT2D eigenvalue weighted by Gasteiger charge is -2.13. The fourth-order valence-corrected chi connectivity index (χ4v) is 2.22. The molecule has 2 aromatic carbocycles. The number of para-hydroxylation sites is 2. The number of methoxy groups -OCH3 is 1. The van der Waals surface area contributed by atoms with Crippen LogP contribution in [0, 0.1) is 10.1 Å². The molecule has 0 bridgehead atoms. The summed E-state index contributed by atoms with van der Waals surface area (Å²) in [5.41, 5.74) is 0.715. The minimum Gasteiger partial charge on any atom is -0.493 e. The Labute approximate surface area is 151 Å². The average molecular weight is 356 g/mol. The third kappa shape index (κ3) is 5.07. The zero-order valence-corrected chi connectivity index (χ0v) is 14.8. The quantitative estimate of drug-likeness (QED) is 0.459. The molecule has 7 nitrogen and oxygen atoms in total. The minimum atomic E-state index is -0.544. The number of benzene rings is 2. The molecule has 1 N–H and O–H groups in total. The Kier molecular flexibility index (Phi) is 6.32. The normalized spacial score (nSPS) is 10.8. The predicted molar refractivity (Wildman–Crippen MR) is 99.5 cm³/mol. The number of nitrogens with one attached hydrogen (secondary N) is 1. The summed E-state index contributed by atoms with van der Waals surface area (Å²) in [6, 6.07) is 11.3. The molecule has 0 aromatic heterocycles. The maximum Gasteiger partial charge on any atom is 0.292 e. The molecule has 0 heterocycles. The smallest absolute Gasteiger partial charge is 0.292 e. The van der Waals surface area contributed by atoms with Gasteiger partial charge in [-0.05, 0) is 43.7 Å². The first-order chi connectivity index (χ1) is 12.4. The molecule has 7 heteroatoms. The van der Waals surface area contributed by atoms with E-state index in [0.29, 0.717) is 11.5 Å². The second kappa shape index (κ2) is 8.66. The maximum atomic E-state index is 12.1. The Balaban J connectivity index is 2.12. The van der Waals surface area contributed by atoms with Crippen LogP contribution in [0.1, 0.15) is 19.4 Å². The zero-order valence-electron chi connectivity index (χ0n) is 14.8. The van der Waals surface area contributed by atoms with Gasteiger partial charge in [-0.3, -0.25) is 14.9 Å². The van der Waals surface area contributed by atoms with Crippen LogP contribution in [0.4, 0.5) is 11.4 Å². The van der Waals surface area contributed by atoms with Crippen molar-refractivity contribution in [2.24, 2.45) is 0 Å². The second-order valence-electron chi connectivity index (χ2n) is 5.67. The predicted octanol–water partition coefficient (Wildman–Crippen LogP) is 4.04. The van der Waals surface area contributed by atoms with Gasteiger partial charge in [0, 0.05) is 12.1 Å². The lowest BCUT2D eigenvalue weighted by molar-refractivity contribution is -0.383. The summed E-state index contributed by atoms with van der Waals surface area (Å²) in [5, 5.41) is 13.5. The Morgan fingerprint density at radius 1 is 1.19 bits per heavy atom. The van der Waals surface area contributed by atoms with Crippen molar-refractivity contribution in [3.05, 3.63) is 64.2 Å². The van der Waals surface area contributed by atoms with Crippen molar-refractivity contribution in [3.63, 3.8) is 0 Å². The number of nitrogens with zero attached hydrogens (tertiary/aromatic N) is 1. The summed E-state index contributed by atoms with van der Waals surface area (Å²) in [7, 11) is 1.54. The molecule has 0 aliphatic rings. The third-order valence-corrected chi connectivity index (χ3v) is 3.34. The number of amides is 1. The molecular weight excluding hydrogens is 336 g/mol. The highest BCUT2D eigenvalue weighted by molar-refractivity contribution is 6.03. The minimum absolute atomic E-state index is 0.0118. The number of hydrogen-bond acceptors (Lipinski definition) is 5. The summed E-state index contributed by atoms with van der Waals surface area (Å²) >= 11 is 0. The van der Waals surface area contributed by atoms with E-state index in [4.69, 9.17) is 9.47 Å². The van der Waals surface area contributed by atoms with Gasteiger partial charge in [-0.25, -0.2) is 0 Å². The van der Waals surface area contributed by atoms with Gasteiger partial charge < -0.3 is 14.8 Å². The molecule has 0 radical (unpaired) electrons. The van der Waals surface area contributed by atoms with Crippen molar-refractivity contribution in [1.29, 1.82) is 0 Å². The van der Waals surface area contributed by atoms with Crippen LogP contribution in [0.5, 0.6) is 11.5 Å². The van der Waals surface area contributed by atoms with Gasteiger partial charge in [-0.2, -0.15) is 0 Å². The van der Waals surface area contributed by atoms with Gasteiger partial charge >= 0.3 is 0 Å². The number of ether oxygens (including phenoxy) is 2. The van der Waals surface area contributed by atoms with Crippen LogP contribution in [0.2, 0.25) is 0 Å². The Morgan fingerprint density at radius 2 is 1.92 bits per heavy atom. The van der Waals surface area contributed by atoms with Crippen molar-refractivity contribution in [2.45, 2.75) is 20.0 Å². The van der Waals surface area contributed by atoms with Crippen LogP contribution >= 0.6 is 0 Å². The van der Waals surface area contributed by atoms with Crippen LogP contribution in [0.25, 0.3) is 6.08 Å². The average Bonchev–Trinajstić information content (AvgIpc) is 2.60. The molecule has 26 heavy (non-hydrogen) atoms. The van der Waals surface area contributed by atoms with Crippen molar-refractivity contribution < 1.29 is 19.2 Å². The van der Waals surface area contributed by atoms with E-state index in [1.54, 1.807) is 30.3 Å². The number of rotatable bonds is 7. The van der Waals surface area contributed by atoms with Gasteiger partial charge in [-0.15, -0.1) is 0 Å². The maximum absolute atomic E-state index is 12.1. The number of carbonyl (C=O) groups excluding carboxylic acids is 1. The van der Waals surface area contributed by atoms with Crippen molar-refractivity contribution in [3.8, 4) is 11.5 Å². The van der Waals surface area contributed by atoms with Crippen LogP contribution in [0.3, 0.4) is 0 Å². The number of anilines is 1. The van der Waals surface area contributed by atoms with E-state index in [0.717, 1.165) is 5.56 Å². The van der Waals surface area contributed by atoms with E-state index in [-0.39, 0.29) is 17.5 Å². The lowest BCUT2D eigenvalue weighted by atomic mass is 10.2. The van der Waals surface area contributed by atoms with Gasteiger partial charge in [0.15, 0.2) is 11.5 Å². The van der Waals surface area contributed by atoms with Gasteiger partial charge in [0.25, 0.3) is 5.69 Å². The lowest BCUT2D eigenvalue weighted by Crippen LogP contribution is -2.09. The van der Waals surface area contributed by atoms with E-state index in [1.807, 2.05) is 13.8 Å². The molecule has 0 fully saturated rings. The Hall–Kier alpha value is -3.35. The highest BCUT2D eigenvalue weighted by Gasteiger charge is 2.13. The van der Waals surface area contributed by atoms with Crippen LogP contribution in [-0.4, -0.2) is 24.0 Å². The zero-order chi connectivity index (χ0) is 19.1. The fraction of sp³-hybridized carbons (Fsp3) is 0.211. The van der Waals surface area contributed by atoms with E-state index < -0.39 is 10.8 Å². The van der Waals surface area contributed by atoms with E-state index in [2.05, 4.69) is 5.32 Å². The first-order valence-electron chi connectivity index (χ1n) is 7.98. The molecule has 0 atom stereocenters. The molecule has 0 saturated heterocycles. The molecular formula is C19H20N2O5. The van der Waals surface area contributed by atoms with Gasteiger partial charge in [0.1, 0.15) is 5.69 Å². The summed E-state index contributed by atoms with van der Waals surface area (Å²) in [5.74, 6) is 0.699. The van der Waals surface area contributed by atoms with E-state index in [1.165, 1.54) is 31.4 Å². The fourth-order valence-electron chi connectivity index (χ4n) is 2.22. The summed E-state index contributed by atoms with van der Waals surface area (Å²) in [6.45, 7) is 3.83. The number of nitro groups is 1. The van der Waals surface area contributed by atoms with Gasteiger partial charge in [0.2, 0.25) is 5.91 Å². The molecule has 1 amide bonds. The molecule has 0 aliphatic heterocycles. The highest BCUT2D eigenvalue weighted by Crippen LogP contribution is 2.29. The van der Waals surface area contributed by atoms with Crippen LogP contribution in [-0.2, 0) is 4.79 Å². The molecule has 136 valence electrons. The second-order valence-corrected chi connectivity index (χ2v) is 5.67. The number of nitro benzene ring substituents is 1. The molecule has 0 unspecified atom stereocenters. The first kappa shape index (κ1) is 19.0. The molecule has 2 aromatic rings.